The Kier molecular flexibility index (Phi) is 7.54. The molecule has 0 aromatic carbocycles. The molecule has 0 fully saturated rings. The third-order valence-corrected chi connectivity index (χ3v) is 2.16. The van der Waals surface area contributed by atoms with Crippen molar-refractivity contribution in [2.24, 2.45) is 0 Å². The monoisotopic (exact) mass is 230 g/mol. The highest BCUT2D eigenvalue weighted by molar-refractivity contribution is 5.81. The van der Waals surface area contributed by atoms with Gasteiger partial charge < -0.3 is 14.5 Å². The second-order valence-electron chi connectivity index (χ2n) is 3.92. The molecule has 0 rings (SSSR count). The maximum absolute atomic E-state index is 11.6. The molecule has 0 atom stereocenters. The normalized spacial score (nSPS) is 10.3. The SMILES string of the molecule is CCOC(=O)CCC(=O)N(C)CCN(C)C. The number of hydrogen-bond acceptors (Lipinski definition) is 4. The predicted octanol–water partition coefficient (Wildman–Crippen LogP) is 0.350. The number of likely N-dealkylation sites (N-methyl/N-ethyl adjacent to an activating group) is 2. The van der Waals surface area contributed by atoms with Crippen LogP contribution in [0.15, 0.2) is 0 Å². The number of carbonyl (C=O) groups is 2. The molecule has 0 saturated carbocycles. The molecule has 1 amide bonds. The van der Waals surface area contributed by atoms with E-state index in [1.54, 1.807) is 18.9 Å². The minimum atomic E-state index is -0.308. The van der Waals surface area contributed by atoms with Gasteiger partial charge in [-0.3, -0.25) is 9.59 Å². The zero-order chi connectivity index (χ0) is 12.6. The second-order valence-corrected chi connectivity index (χ2v) is 3.92. The van der Waals surface area contributed by atoms with Crippen molar-refractivity contribution in [1.82, 2.24) is 9.80 Å². The highest BCUT2D eigenvalue weighted by atomic mass is 16.5. The lowest BCUT2D eigenvalue weighted by Crippen LogP contribution is -2.33. The van der Waals surface area contributed by atoms with E-state index in [1.165, 1.54) is 0 Å². The van der Waals surface area contributed by atoms with E-state index in [9.17, 15) is 9.59 Å². The summed E-state index contributed by atoms with van der Waals surface area (Å²) in [6, 6.07) is 0. The smallest absolute Gasteiger partial charge is 0.306 e. The summed E-state index contributed by atoms with van der Waals surface area (Å²) in [5, 5.41) is 0. The van der Waals surface area contributed by atoms with Gasteiger partial charge in [-0.25, -0.2) is 0 Å². The van der Waals surface area contributed by atoms with Crippen molar-refractivity contribution in [2.45, 2.75) is 19.8 Å². The molecule has 0 aliphatic heterocycles. The molecule has 94 valence electrons. The first-order valence-corrected chi connectivity index (χ1v) is 5.51. The van der Waals surface area contributed by atoms with Crippen LogP contribution >= 0.6 is 0 Å². The Morgan fingerprint density at radius 2 is 1.69 bits per heavy atom. The minimum absolute atomic E-state index is 0.0186. The fourth-order valence-electron chi connectivity index (χ4n) is 1.11. The molecule has 16 heavy (non-hydrogen) atoms. The summed E-state index contributed by atoms with van der Waals surface area (Å²) in [7, 11) is 5.66. The van der Waals surface area contributed by atoms with Crippen molar-refractivity contribution in [3.8, 4) is 0 Å². The van der Waals surface area contributed by atoms with Crippen molar-refractivity contribution in [3.05, 3.63) is 0 Å². The van der Waals surface area contributed by atoms with Crippen molar-refractivity contribution in [2.75, 3.05) is 40.8 Å². The topological polar surface area (TPSA) is 49.9 Å². The van der Waals surface area contributed by atoms with Gasteiger partial charge in [0.15, 0.2) is 0 Å². The van der Waals surface area contributed by atoms with Gasteiger partial charge in [0.2, 0.25) is 5.91 Å². The standard InChI is InChI=1S/C11H22N2O3/c1-5-16-11(15)7-6-10(14)13(4)9-8-12(2)3/h5-9H2,1-4H3. The van der Waals surface area contributed by atoms with Gasteiger partial charge in [-0.2, -0.15) is 0 Å². The summed E-state index contributed by atoms with van der Waals surface area (Å²) in [4.78, 5) is 26.2. The predicted molar refractivity (Wildman–Crippen MR) is 62.1 cm³/mol. The zero-order valence-electron chi connectivity index (χ0n) is 10.7. The lowest BCUT2D eigenvalue weighted by atomic mass is 10.3. The summed E-state index contributed by atoms with van der Waals surface area (Å²) >= 11 is 0. The summed E-state index contributed by atoms with van der Waals surface area (Å²) in [5.41, 5.74) is 0. The van der Waals surface area contributed by atoms with Gasteiger partial charge in [-0.05, 0) is 21.0 Å². The van der Waals surface area contributed by atoms with Crippen LogP contribution in [0.3, 0.4) is 0 Å². The average Bonchev–Trinajstić information content (AvgIpc) is 2.22. The number of nitrogens with zero attached hydrogens (tertiary/aromatic N) is 2. The molecule has 0 aliphatic rings. The molecular formula is C11H22N2O3. The summed E-state index contributed by atoms with van der Waals surface area (Å²) in [5.74, 6) is -0.327. The van der Waals surface area contributed by atoms with Crippen molar-refractivity contribution in [1.29, 1.82) is 0 Å². The molecule has 0 radical (unpaired) electrons. The summed E-state index contributed by atoms with van der Waals surface area (Å²) < 4.78 is 4.75. The van der Waals surface area contributed by atoms with Gasteiger partial charge in [0.05, 0.1) is 13.0 Å². The molecular weight excluding hydrogens is 208 g/mol. The summed E-state index contributed by atoms with van der Waals surface area (Å²) in [6.07, 6.45) is 0.391. The Labute approximate surface area is 97.3 Å². The van der Waals surface area contributed by atoms with E-state index in [2.05, 4.69) is 0 Å². The Morgan fingerprint density at radius 1 is 1.06 bits per heavy atom. The maximum Gasteiger partial charge on any atom is 0.306 e. The van der Waals surface area contributed by atoms with Crippen LogP contribution in [0.4, 0.5) is 0 Å². The Balaban J connectivity index is 3.74. The molecule has 0 aromatic rings. The van der Waals surface area contributed by atoms with E-state index >= 15 is 0 Å². The number of esters is 1. The van der Waals surface area contributed by atoms with Crippen LogP contribution in [0, 0.1) is 0 Å². The van der Waals surface area contributed by atoms with Crippen molar-refractivity contribution >= 4 is 11.9 Å². The fourth-order valence-corrected chi connectivity index (χ4v) is 1.11. The van der Waals surface area contributed by atoms with E-state index in [4.69, 9.17) is 4.74 Å². The van der Waals surface area contributed by atoms with Crippen LogP contribution in [0.5, 0.6) is 0 Å². The molecule has 0 unspecified atom stereocenters. The average molecular weight is 230 g/mol. The Morgan fingerprint density at radius 3 is 2.19 bits per heavy atom. The van der Waals surface area contributed by atoms with Gasteiger partial charge in [0, 0.05) is 26.6 Å². The second kappa shape index (κ2) is 8.10. The third kappa shape index (κ3) is 7.23. The number of hydrogen-bond donors (Lipinski definition) is 0. The molecule has 0 aliphatic carbocycles. The van der Waals surface area contributed by atoms with E-state index in [1.807, 2.05) is 19.0 Å². The van der Waals surface area contributed by atoms with Gasteiger partial charge in [-0.1, -0.05) is 0 Å². The molecule has 5 nitrogen and oxygen atoms in total. The van der Waals surface area contributed by atoms with Crippen LogP contribution < -0.4 is 0 Å². The van der Waals surface area contributed by atoms with Gasteiger partial charge >= 0.3 is 5.97 Å². The van der Waals surface area contributed by atoms with Crippen molar-refractivity contribution < 1.29 is 14.3 Å². The van der Waals surface area contributed by atoms with Crippen LogP contribution in [0.2, 0.25) is 0 Å². The van der Waals surface area contributed by atoms with Crippen LogP contribution in [-0.4, -0.2) is 62.5 Å². The van der Waals surface area contributed by atoms with E-state index in [0.717, 1.165) is 6.54 Å². The largest absolute Gasteiger partial charge is 0.466 e. The van der Waals surface area contributed by atoms with Crippen LogP contribution in [0.25, 0.3) is 0 Å². The first kappa shape index (κ1) is 14.9. The van der Waals surface area contributed by atoms with E-state index in [0.29, 0.717) is 13.2 Å². The molecule has 0 N–H and O–H groups in total. The highest BCUT2D eigenvalue weighted by Gasteiger charge is 2.11. The molecule has 0 saturated heterocycles. The first-order chi connectivity index (χ1) is 7.47. The Hall–Kier alpha value is -1.10. The van der Waals surface area contributed by atoms with Crippen molar-refractivity contribution in [3.63, 3.8) is 0 Å². The lowest BCUT2D eigenvalue weighted by molar-refractivity contribution is -0.145. The maximum atomic E-state index is 11.6. The summed E-state index contributed by atoms with van der Waals surface area (Å²) in [6.45, 7) is 3.61. The number of ether oxygens (including phenoxy) is 1. The molecule has 0 aromatic heterocycles. The van der Waals surface area contributed by atoms with E-state index < -0.39 is 0 Å². The number of carbonyl (C=O) groups excluding carboxylic acids is 2. The number of rotatable bonds is 7. The highest BCUT2D eigenvalue weighted by Crippen LogP contribution is 1.98. The molecule has 0 spiro atoms. The van der Waals surface area contributed by atoms with Crippen LogP contribution in [0.1, 0.15) is 19.8 Å². The van der Waals surface area contributed by atoms with Gasteiger partial charge in [0.1, 0.15) is 0 Å². The minimum Gasteiger partial charge on any atom is -0.466 e. The molecule has 0 bridgehead atoms. The Bertz CT molecular complexity index is 229. The third-order valence-electron chi connectivity index (χ3n) is 2.16. The van der Waals surface area contributed by atoms with E-state index in [-0.39, 0.29) is 24.7 Å². The first-order valence-electron chi connectivity index (χ1n) is 5.51. The van der Waals surface area contributed by atoms with Crippen LogP contribution in [-0.2, 0) is 14.3 Å². The quantitative estimate of drug-likeness (QED) is 0.592. The van der Waals surface area contributed by atoms with Gasteiger partial charge in [0.25, 0.3) is 0 Å². The molecule has 5 heteroatoms. The zero-order valence-corrected chi connectivity index (χ0v) is 10.7. The molecule has 0 heterocycles. The lowest BCUT2D eigenvalue weighted by Gasteiger charge is -2.19. The fraction of sp³-hybridized carbons (Fsp3) is 0.818. The number of amides is 1. The van der Waals surface area contributed by atoms with Gasteiger partial charge in [-0.15, -0.1) is 0 Å².